The molecule has 0 spiro atoms. The molecule has 3 unspecified atom stereocenters. The van der Waals surface area contributed by atoms with Gasteiger partial charge in [-0.25, -0.2) is 0 Å². The van der Waals surface area contributed by atoms with E-state index in [1.165, 1.54) is 12.0 Å². The van der Waals surface area contributed by atoms with Gasteiger partial charge in [0.1, 0.15) is 0 Å². The summed E-state index contributed by atoms with van der Waals surface area (Å²) in [5.74, 6) is 0.669. The first-order valence-corrected chi connectivity index (χ1v) is 6.70. The lowest BCUT2D eigenvalue weighted by atomic mass is 9.93. The lowest BCUT2D eigenvalue weighted by Gasteiger charge is -2.27. The van der Waals surface area contributed by atoms with Crippen LogP contribution in [0.2, 0.25) is 0 Å². The predicted octanol–water partition coefficient (Wildman–Crippen LogP) is 2.63. The molecule has 0 saturated carbocycles. The van der Waals surface area contributed by atoms with Gasteiger partial charge < -0.3 is 10.1 Å². The van der Waals surface area contributed by atoms with Crippen LogP contribution in [-0.2, 0) is 11.2 Å². The summed E-state index contributed by atoms with van der Waals surface area (Å²) in [7, 11) is 0. The van der Waals surface area contributed by atoms with Crippen molar-refractivity contribution in [2.45, 2.75) is 38.8 Å². The summed E-state index contributed by atoms with van der Waals surface area (Å²) in [5, 5.41) is 3.58. The molecule has 1 fully saturated rings. The number of nitrogens with one attached hydrogen (secondary N) is 1. The Bertz CT molecular complexity index is 325. The average molecular weight is 233 g/mol. The van der Waals surface area contributed by atoms with Crippen molar-refractivity contribution in [1.82, 2.24) is 5.32 Å². The summed E-state index contributed by atoms with van der Waals surface area (Å²) in [6, 6.07) is 11.1. The van der Waals surface area contributed by atoms with Crippen molar-refractivity contribution in [2.75, 3.05) is 13.2 Å². The van der Waals surface area contributed by atoms with Crippen LogP contribution in [0.25, 0.3) is 0 Å². The van der Waals surface area contributed by atoms with Gasteiger partial charge in [-0.2, -0.15) is 0 Å². The van der Waals surface area contributed by atoms with E-state index in [2.05, 4.69) is 49.5 Å². The van der Waals surface area contributed by atoms with Gasteiger partial charge in [-0.1, -0.05) is 44.2 Å². The molecule has 1 aliphatic rings. The molecule has 2 nitrogen and oxygen atoms in total. The first kappa shape index (κ1) is 12.6. The van der Waals surface area contributed by atoms with Crippen LogP contribution in [0.3, 0.4) is 0 Å². The molecule has 17 heavy (non-hydrogen) atoms. The predicted molar refractivity (Wildman–Crippen MR) is 71.1 cm³/mol. The Morgan fingerprint density at radius 3 is 2.71 bits per heavy atom. The third-order valence-electron chi connectivity index (χ3n) is 3.61. The van der Waals surface area contributed by atoms with Crippen LogP contribution in [0.5, 0.6) is 0 Å². The molecule has 1 heterocycles. The Labute approximate surface area is 104 Å². The van der Waals surface area contributed by atoms with Crippen molar-refractivity contribution in [1.29, 1.82) is 0 Å². The highest BCUT2D eigenvalue weighted by atomic mass is 16.5. The summed E-state index contributed by atoms with van der Waals surface area (Å²) < 4.78 is 5.89. The van der Waals surface area contributed by atoms with Crippen molar-refractivity contribution in [3.05, 3.63) is 35.9 Å². The van der Waals surface area contributed by atoms with E-state index >= 15 is 0 Å². The standard InChI is InChI=1S/C15H23NO/c1-3-16-14(15-12(2)9-10-17-15)11-13-7-5-4-6-8-13/h4-8,12,14-16H,3,9-11H2,1-2H3. The maximum absolute atomic E-state index is 5.89. The number of hydrogen-bond acceptors (Lipinski definition) is 2. The van der Waals surface area contributed by atoms with Crippen LogP contribution in [-0.4, -0.2) is 25.3 Å². The van der Waals surface area contributed by atoms with Crippen LogP contribution in [0.4, 0.5) is 0 Å². The first-order valence-electron chi connectivity index (χ1n) is 6.70. The van der Waals surface area contributed by atoms with Crippen LogP contribution in [0, 0.1) is 5.92 Å². The molecular formula is C15H23NO. The van der Waals surface area contributed by atoms with Gasteiger partial charge >= 0.3 is 0 Å². The highest BCUT2D eigenvalue weighted by Crippen LogP contribution is 2.24. The summed E-state index contributed by atoms with van der Waals surface area (Å²) in [5.41, 5.74) is 1.39. The zero-order valence-corrected chi connectivity index (χ0v) is 10.9. The fraction of sp³-hybridized carbons (Fsp3) is 0.600. The average Bonchev–Trinajstić information content (AvgIpc) is 2.76. The van der Waals surface area contributed by atoms with Crippen molar-refractivity contribution in [3.8, 4) is 0 Å². The molecule has 94 valence electrons. The molecule has 1 aliphatic heterocycles. The highest BCUT2D eigenvalue weighted by molar-refractivity contribution is 5.16. The van der Waals surface area contributed by atoms with E-state index in [0.717, 1.165) is 19.6 Å². The van der Waals surface area contributed by atoms with E-state index in [0.29, 0.717) is 18.1 Å². The van der Waals surface area contributed by atoms with E-state index in [-0.39, 0.29) is 0 Å². The van der Waals surface area contributed by atoms with E-state index in [4.69, 9.17) is 4.74 Å². The van der Waals surface area contributed by atoms with Gasteiger partial charge in [-0.15, -0.1) is 0 Å². The van der Waals surface area contributed by atoms with Crippen LogP contribution >= 0.6 is 0 Å². The molecule has 0 radical (unpaired) electrons. The van der Waals surface area contributed by atoms with Gasteiger partial charge in [0.2, 0.25) is 0 Å². The van der Waals surface area contributed by atoms with Crippen molar-refractivity contribution in [2.24, 2.45) is 5.92 Å². The minimum absolute atomic E-state index is 0.371. The van der Waals surface area contributed by atoms with Gasteiger partial charge in [-0.05, 0) is 30.9 Å². The van der Waals surface area contributed by atoms with Crippen molar-refractivity contribution < 1.29 is 4.74 Å². The third-order valence-corrected chi connectivity index (χ3v) is 3.61. The Hall–Kier alpha value is -0.860. The second-order valence-electron chi connectivity index (χ2n) is 4.96. The van der Waals surface area contributed by atoms with E-state index in [1.54, 1.807) is 0 Å². The quantitative estimate of drug-likeness (QED) is 0.844. The number of likely N-dealkylation sites (N-methyl/N-ethyl adjacent to an activating group) is 1. The first-order chi connectivity index (χ1) is 8.31. The second-order valence-corrected chi connectivity index (χ2v) is 4.96. The Kier molecular flexibility index (Phi) is 4.57. The molecule has 1 N–H and O–H groups in total. The van der Waals surface area contributed by atoms with Crippen molar-refractivity contribution in [3.63, 3.8) is 0 Å². The van der Waals surface area contributed by atoms with Crippen LogP contribution in [0.15, 0.2) is 30.3 Å². The highest BCUT2D eigenvalue weighted by Gasteiger charge is 2.31. The molecule has 2 rings (SSSR count). The molecule has 0 aromatic heterocycles. The lowest BCUT2D eigenvalue weighted by Crippen LogP contribution is -2.43. The van der Waals surface area contributed by atoms with Gasteiger partial charge in [0.05, 0.1) is 6.10 Å². The maximum Gasteiger partial charge on any atom is 0.0757 e. The summed E-state index contributed by atoms with van der Waals surface area (Å²) >= 11 is 0. The monoisotopic (exact) mass is 233 g/mol. The SMILES string of the molecule is CCNC(Cc1ccccc1)C1OCCC1C. The van der Waals surface area contributed by atoms with E-state index in [1.807, 2.05) is 0 Å². The summed E-state index contributed by atoms with van der Waals surface area (Å²) in [4.78, 5) is 0. The molecule has 1 saturated heterocycles. The molecule has 0 aliphatic carbocycles. The number of benzene rings is 1. The number of rotatable bonds is 5. The Morgan fingerprint density at radius 2 is 2.12 bits per heavy atom. The maximum atomic E-state index is 5.89. The Morgan fingerprint density at radius 1 is 1.35 bits per heavy atom. The lowest BCUT2D eigenvalue weighted by molar-refractivity contribution is 0.0615. The van der Waals surface area contributed by atoms with Gasteiger partial charge in [0.25, 0.3) is 0 Å². The number of hydrogen-bond donors (Lipinski definition) is 1. The minimum atomic E-state index is 0.371. The zero-order valence-electron chi connectivity index (χ0n) is 10.9. The topological polar surface area (TPSA) is 21.3 Å². The normalized spacial score (nSPS) is 26.0. The van der Waals surface area contributed by atoms with Crippen molar-refractivity contribution >= 4 is 0 Å². The second kappa shape index (κ2) is 6.18. The fourth-order valence-electron chi connectivity index (χ4n) is 2.67. The number of ether oxygens (including phenoxy) is 1. The Balaban J connectivity index is 2.02. The smallest absolute Gasteiger partial charge is 0.0757 e. The third kappa shape index (κ3) is 3.30. The fourth-order valence-corrected chi connectivity index (χ4v) is 2.67. The minimum Gasteiger partial charge on any atom is -0.376 e. The molecular weight excluding hydrogens is 210 g/mol. The molecule has 0 amide bonds. The molecule has 3 atom stereocenters. The summed E-state index contributed by atoms with van der Waals surface area (Å²) in [6.07, 6.45) is 2.63. The largest absolute Gasteiger partial charge is 0.376 e. The van der Waals surface area contributed by atoms with Gasteiger partial charge in [-0.3, -0.25) is 0 Å². The van der Waals surface area contributed by atoms with Crippen LogP contribution in [0.1, 0.15) is 25.8 Å². The van der Waals surface area contributed by atoms with E-state index < -0.39 is 0 Å². The van der Waals surface area contributed by atoms with E-state index in [9.17, 15) is 0 Å². The van der Waals surface area contributed by atoms with Crippen LogP contribution < -0.4 is 5.32 Å². The van der Waals surface area contributed by atoms with Gasteiger partial charge in [0, 0.05) is 12.6 Å². The zero-order chi connectivity index (χ0) is 12.1. The molecule has 1 aromatic rings. The molecule has 1 aromatic carbocycles. The molecule has 0 bridgehead atoms. The summed E-state index contributed by atoms with van der Waals surface area (Å²) in [6.45, 7) is 6.39. The molecule has 2 heteroatoms. The van der Waals surface area contributed by atoms with Gasteiger partial charge in [0.15, 0.2) is 0 Å².